The molecular formula is C18H20BrNO5S. The normalized spacial score (nSPS) is 18.6. The maximum Gasteiger partial charge on any atom is 0.227 e. The van der Waals surface area contributed by atoms with E-state index in [1.54, 1.807) is 36.3 Å². The molecule has 1 fully saturated rings. The molecule has 140 valence electrons. The first kappa shape index (κ1) is 19.0. The fourth-order valence-electron chi connectivity index (χ4n) is 3.07. The molecule has 1 aliphatic heterocycles. The van der Waals surface area contributed by atoms with Gasteiger partial charge in [0, 0.05) is 6.04 Å². The van der Waals surface area contributed by atoms with Crippen LogP contribution in [0.2, 0.25) is 0 Å². The minimum Gasteiger partial charge on any atom is -0.497 e. The van der Waals surface area contributed by atoms with Gasteiger partial charge < -0.3 is 14.1 Å². The molecule has 0 N–H and O–H groups in total. The molecular weight excluding hydrogens is 422 g/mol. The second-order valence-electron chi connectivity index (χ2n) is 6.31. The second kappa shape index (κ2) is 7.84. The van der Waals surface area contributed by atoms with Crippen LogP contribution in [-0.4, -0.2) is 43.9 Å². The largest absolute Gasteiger partial charge is 0.497 e. The van der Waals surface area contributed by atoms with E-state index >= 15 is 0 Å². The van der Waals surface area contributed by atoms with E-state index in [1.807, 2.05) is 12.1 Å². The number of carbonyl (C=O) groups is 1. The molecule has 1 saturated heterocycles. The molecule has 2 aromatic rings. The van der Waals surface area contributed by atoms with E-state index in [0.717, 1.165) is 11.3 Å². The van der Waals surface area contributed by atoms with Gasteiger partial charge in [-0.05, 0) is 52.2 Å². The van der Waals surface area contributed by atoms with Crippen LogP contribution in [0.1, 0.15) is 17.7 Å². The van der Waals surface area contributed by atoms with Crippen LogP contribution in [0.5, 0.6) is 5.75 Å². The minimum atomic E-state index is -3.09. The van der Waals surface area contributed by atoms with E-state index in [0.29, 0.717) is 16.9 Å². The van der Waals surface area contributed by atoms with E-state index in [4.69, 9.17) is 9.15 Å². The summed E-state index contributed by atoms with van der Waals surface area (Å²) in [5.74, 6) is 1.34. The Kier molecular flexibility index (Phi) is 5.72. The molecule has 1 aliphatic rings. The third-order valence-corrected chi connectivity index (χ3v) is 6.62. The Bertz CT molecular complexity index is 875. The molecule has 8 heteroatoms. The predicted molar refractivity (Wildman–Crippen MR) is 101 cm³/mol. The lowest BCUT2D eigenvalue weighted by molar-refractivity contribution is -0.133. The van der Waals surface area contributed by atoms with E-state index in [2.05, 4.69) is 15.9 Å². The van der Waals surface area contributed by atoms with Gasteiger partial charge in [-0.15, -0.1) is 0 Å². The zero-order valence-corrected chi connectivity index (χ0v) is 16.8. The Morgan fingerprint density at radius 2 is 2.00 bits per heavy atom. The molecule has 0 aliphatic carbocycles. The number of nitrogens with zero attached hydrogens (tertiary/aromatic N) is 1. The van der Waals surface area contributed by atoms with Gasteiger partial charge in [0.15, 0.2) is 14.5 Å². The molecule has 0 spiro atoms. The van der Waals surface area contributed by atoms with Crippen molar-refractivity contribution >= 4 is 31.7 Å². The third-order valence-electron chi connectivity index (χ3n) is 4.44. The van der Waals surface area contributed by atoms with Gasteiger partial charge in [0.25, 0.3) is 0 Å². The summed E-state index contributed by atoms with van der Waals surface area (Å²) in [6.07, 6.45) is 0.654. The zero-order chi connectivity index (χ0) is 18.7. The van der Waals surface area contributed by atoms with Crippen LogP contribution in [0, 0.1) is 0 Å². The summed E-state index contributed by atoms with van der Waals surface area (Å²) in [7, 11) is -1.51. The van der Waals surface area contributed by atoms with E-state index < -0.39 is 9.84 Å². The van der Waals surface area contributed by atoms with Crippen LogP contribution in [0.3, 0.4) is 0 Å². The molecule has 0 bridgehead atoms. The standard InChI is InChI=1S/C18H20BrNO5S/c1-24-15-4-2-13(3-5-15)10-18(21)20(11-16-6-7-17(19)25-16)14-8-9-26(22,23)12-14/h2-7,14H,8-12H2,1H3/t14-/m0/s1. The molecule has 0 saturated carbocycles. The first-order valence-electron chi connectivity index (χ1n) is 8.23. The summed E-state index contributed by atoms with van der Waals surface area (Å²) in [6.45, 7) is 0.251. The van der Waals surface area contributed by atoms with Crippen molar-refractivity contribution in [2.75, 3.05) is 18.6 Å². The van der Waals surface area contributed by atoms with Gasteiger partial charge in [-0.25, -0.2) is 8.42 Å². The van der Waals surface area contributed by atoms with Crippen molar-refractivity contribution in [1.29, 1.82) is 0 Å². The molecule has 1 aromatic carbocycles. The summed E-state index contributed by atoms with van der Waals surface area (Å²) in [5, 5.41) is 0. The summed E-state index contributed by atoms with van der Waals surface area (Å²) in [4.78, 5) is 14.5. The van der Waals surface area contributed by atoms with Gasteiger partial charge in [0.1, 0.15) is 11.5 Å². The van der Waals surface area contributed by atoms with Gasteiger partial charge in [-0.1, -0.05) is 12.1 Å². The number of methoxy groups -OCH3 is 1. The number of amides is 1. The number of rotatable bonds is 6. The van der Waals surface area contributed by atoms with Gasteiger partial charge >= 0.3 is 0 Å². The van der Waals surface area contributed by atoms with Crippen LogP contribution < -0.4 is 4.74 Å². The number of sulfone groups is 1. The number of halogens is 1. The number of benzene rings is 1. The maximum absolute atomic E-state index is 12.9. The van der Waals surface area contributed by atoms with Crippen LogP contribution in [-0.2, 0) is 27.6 Å². The maximum atomic E-state index is 12.9. The molecule has 0 radical (unpaired) electrons. The Morgan fingerprint density at radius 3 is 2.54 bits per heavy atom. The van der Waals surface area contributed by atoms with Crippen molar-refractivity contribution in [2.24, 2.45) is 0 Å². The van der Waals surface area contributed by atoms with Crippen molar-refractivity contribution in [3.05, 3.63) is 52.4 Å². The minimum absolute atomic E-state index is 0.00321. The number of hydrogen-bond donors (Lipinski definition) is 0. The molecule has 1 aromatic heterocycles. The Morgan fingerprint density at radius 1 is 1.27 bits per heavy atom. The van der Waals surface area contributed by atoms with Crippen LogP contribution in [0.15, 0.2) is 45.5 Å². The number of ether oxygens (including phenoxy) is 1. The number of carbonyl (C=O) groups excluding carboxylic acids is 1. The summed E-state index contributed by atoms with van der Waals surface area (Å²) >= 11 is 3.25. The highest BCUT2D eigenvalue weighted by Gasteiger charge is 2.35. The second-order valence-corrected chi connectivity index (χ2v) is 9.32. The molecule has 2 heterocycles. The lowest BCUT2D eigenvalue weighted by Crippen LogP contribution is -2.41. The summed E-state index contributed by atoms with van der Waals surface area (Å²) < 4.78 is 35.0. The van der Waals surface area contributed by atoms with Crippen molar-refractivity contribution in [2.45, 2.75) is 25.4 Å². The highest BCUT2D eigenvalue weighted by Crippen LogP contribution is 2.23. The van der Waals surface area contributed by atoms with Gasteiger partial charge in [-0.3, -0.25) is 4.79 Å². The van der Waals surface area contributed by atoms with E-state index in [-0.39, 0.29) is 36.4 Å². The number of furan rings is 1. The van der Waals surface area contributed by atoms with Gasteiger partial charge in [0.05, 0.1) is 31.6 Å². The van der Waals surface area contributed by atoms with Crippen molar-refractivity contribution < 1.29 is 22.4 Å². The Labute approximate surface area is 161 Å². The smallest absolute Gasteiger partial charge is 0.227 e. The van der Waals surface area contributed by atoms with Gasteiger partial charge in [0.2, 0.25) is 5.91 Å². The fraction of sp³-hybridized carbons (Fsp3) is 0.389. The van der Waals surface area contributed by atoms with E-state index in [1.165, 1.54) is 0 Å². The van der Waals surface area contributed by atoms with E-state index in [9.17, 15) is 13.2 Å². The van der Waals surface area contributed by atoms with Crippen LogP contribution >= 0.6 is 15.9 Å². The predicted octanol–water partition coefficient (Wildman–Crippen LogP) is 2.81. The average Bonchev–Trinajstić information content (AvgIpc) is 3.18. The Hall–Kier alpha value is -1.80. The molecule has 3 rings (SSSR count). The highest BCUT2D eigenvalue weighted by atomic mass is 79.9. The number of hydrogen-bond acceptors (Lipinski definition) is 5. The Balaban J connectivity index is 1.77. The topological polar surface area (TPSA) is 76.8 Å². The molecule has 6 nitrogen and oxygen atoms in total. The quantitative estimate of drug-likeness (QED) is 0.688. The molecule has 0 unspecified atom stereocenters. The fourth-order valence-corrected chi connectivity index (χ4v) is 5.14. The monoisotopic (exact) mass is 441 g/mol. The van der Waals surface area contributed by atoms with Crippen LogP contribution in [0.25, 0.3) is 0 Å². The van der Waals surface area contributed by atoms with Crippen LogP contribution in [0.4, 0.5) is 0 Å². The lowest BCUT2D eigenvalue weighted by Gasteiger charge is -2.27. The first-order chi connectivity index (χ1) is 12.4. The van der Waals surface area contributed by atoms with Crippen molar-refractivity contribution in [3.8, 4) is 5.75 Å². The highest BCUT2D eigenvalue weighted by molar-refractivity contribution is 9.10. The third kappa shape index (κ3) is 4.67. The average molecular weight is 442 g/mol. The van der Waals surface area contributed by atoms with Crippen molar-refractivity contribution in [3.63, 3.8) is 0 Å². The molecule has 1 amide bonds. The summed E-state index contributed by atoms with van der Waals surface area (Å²) in [5.41, 5.74) is 0.849. The van der Waals surface area contributed by atoms with Crippen molar-refractivity contribution in [1.82, 2.24) is 4.90 Å². The lowest BCUT2D eigenvalue weighted by atomic mass is 10.1. The molecule has 1 atom stereocenters. The SMILES string of the molecule is COc1ccc(CC(=O)N(Cc2ccc(Br)o2)[C@H]2CCS(=O)(=O)C2)cc1. The zero-order valence-electron chi connectivity index (χ0n) is 14.4. The molecule has 26 heavy (non-hydrogen) atoms. The summed E-state index contributed by atoms with van der Waals surface area (Å²) in [6, 6.07) is 10.5. The van der Waals surface area contributed by atoms with Gasteiger partial charge in [-0.2, -0.15) is 0 Å². The first-order valence-corrected chi connectivity index (χ1v) is 10.8.